The Morgan fingerprint density at radius 2 is 1.90 bits per heavy atom. The molecule has 0 spiro atoms. The van der Waals surface area contributed by atoms with Gasteiger partial charge in [-0.15, -0.1) is 0 Å². The molecule has 0 fully saturated rings. The van der Waals surface area contributed by atoms with E-state index in [4.69, 9.17) is 0 Å². The van der Waals surface area contributed by atoms with E-state index in [-0.39, 0.29) is 0 Å². The molecule has 0 bridgehead atoms. The van der Waals surface area contributed by atoms with Crippen molar-refractivity contribution < 1.29 is 0 Å². The first-order valence-electron chi connectivity index (χ1n) is 3.39. The molecule has 0 aromatic rings. The summed E-state index contributed by atoms with van der Waals surface area (Å²) in [6.45, 7) is 10.6. The van der Waals surface area contributed by atoms with Gasteiger partial charge in [0.15, 0.2) is 0 Å². The molecule has 0 N–H and O–H groups in total. The lowest BCUT2D eigenvalue weighted by Crippen LogP contribution is -2.14. The first kappa shape index (κ1) is 9.21. The smallest absolute Gasteiger partial charge is 0.0561 e. The third-order valence-electron chi connectivity index (χ3n) is 0.869. The maximum absolute atomic E-state index is 4.21. The number of likely N-dealkylation sites (N-methyl/N-ethyl adjacent to an activating group) is 1. The molecule has 0 atom stereocenters. The minimum absolute atomic E-state index is 0.838. The third kappa shape index (κ3) is 5.35. The van der Waals surface area contributed by atoms with E-state index in [0.29, 0.717) is 0 Å². The highest BCUT2D eigenvalue weighted by Crippen LogP contribution is 1.92. The highest BCUT2D eigenvalue weighted by atomic mass is 15.4. The van der Waals surface area contributed by atoms with Crippen LogP contribution >= 0.6 is 0 Å². The summed E-state index contributed by atoms with van der Waals surface area (Å²) in [5.41, 5.74) is 2.20. The fourth-order valence-corrected chi connectivity index (χ4v) is 0.767. The van der Waals surface area contributed by atoms with Crippen LogP contribution in [0.4, 0.5) is 0 Å². The second-order valence-electron chi connectivity index (χ2n) is 2.82. The maximum atomic E-state index is 4.21. The zero-order valence-electron chi connectivity index (χ0n) is 7.31. The molecule has 58 valence electrons. The standard InChI is InChI=1S/C8H16N2/c1-7(2)6-10(5)9-8(3)4/h1,6H2,2-5H3. The van der Waals surface area contributed by atoms with E-state index in [1.807, 2.05) is 32.8 Å². The molecule has 0 heterocycles. The van der Waals surface area contributed by atoms with Crippen LogP contribution in [-0.4, -0.2) is 24.3 Å². The van der Waals surface area contributed by atoms with Crippen molar-refractivity contribution in [3.05, 3.63) is 12.2 Å². The molecule has 0 unspecified atom stereocenters. The van der Waals surface area contributed by atoms with Gasteiger partial charge in [0.1, 0.15) is 0 Å². The lowest BCUT2D eigenvalue weighted by molar-refractivity contribution is 0.385. The fourth-order valence-electron chi connectivity index (χ4n) is 0.767. The van der Waals surface area contributed by atoms with Crippen LogP contribution in [0.15, 0.2) is 17.3 Å². The summed E-state index contributed by atoms with van der Waals surface area (Å²) in [7, 11) is 1.95. The van der Waals surface area contributed by atoms with Gasteiger partial charge in [-0.3, -0.25) is 5.01 Å². The molecule has 0 aliphatic heterocycles. The molecule has 0 saturated carbocycles. The Hall–Kier alpha value is -0.790. The summed E-state index contributed by atoms with van der Waals surface area (Å²) in [6, 6.07) is 0. The van der Waals surface area contributed by atoms with E-state index in [0.717, 1.165) is 17.8 Å². The van der Waals surface area contributed by atoms with Crippen molar-refractivity contribution in [1.29, 1.82) is 0 Å². The number of hydrazone groups is 1. The number of rotatable bonds is 3. The Bertz CT molecular complexity index is 143. The van der Waals surface area contributed by atoms with Gasteiger partial charge >= 0.3 is 0 Å². The van der Waals surface area contributed by atoms with Gasteiger partial charge in [-0.1, -0.05) is 12.2 Å². The Balaban J connectivity index is 3.75. The normalized spacial score (nSPS) is 8.80. The number of nitrogens with zero attached hydrogens (tertiary/aromatic N) is 2. The quantitative estimate of drug-likeness (QED) is 0.332. The molecule has 0 saturated heterocycles. The highest BCUT2D eigenvalue weighted by molar-refractivity contribution is 5.78. The molecule has 2 heteroatoms. The Morgan fingerprint density at radius 3 is 2.20 bits per heavy atom. The van der Waals surface area contributed by atoms with Crippen molar-refractivity contribution in [2.24, 2.45) is 5.10 Å². The lowest BCUT2D eigenvalue weighted by Gasteiger charge is -2.12. The maximum Gasteiger partial charge on any atom is 0.0561 e. The van der Waals surface area contributed by atoms with Crippen molar-refractivity contribution in [1.82, 2.24) is 5.01 Å². The second-order valence-corrected chi connectivity index (χ2v) is 2.82. The summed E-state index contributed by atoms with van der Waals surface area (Å²) >= 11 is 0. The van der Waals surface area contributed by atoms with Crippen LogP contribution < -0.4 is 0 Å². The van der Waals surface area contributed by atoms with Crippen LogP contribution in [0.2, 0.25) is 0 Å². The van der Waals surface area contributed by atoms with Crippen LogP contribution in [0.1, 0.15) is 20.8 Å². The largest absolute Gasteiger partial charge is 0.296 e. The van der Waals surface area contributed by atoms with E-state index in [1.54, 1.807) is 0 Å². The Labute approximate surface area is 63.2 Å². The summed E-state index contributed by atoms with van der Waals surface area (Å²) < 4.78 is 0. The third-order valence-corrected chi connectivity index (χ3v) is 0.869. The molecular formula is C8H16N2. The Kier molecular flexibility index (Phi) is 3.77. The van der Waals surface area contributed by atoms with Gasteiger partial charge in [0.05, 0.1) is 6.54 Å². The van der Waals surface area contributed by atoms with E-state index in [2.05, 4.69) is 11.7 Å². The van der Waals surface area contributed by atoms with Crippen LogP contribution in [0, 0.1) is 0 Å². The van der Waals surface area contributed by atoms with Crippen molar-refractivity contribution >= 4 is 5.71 Å². The Morgan fingerprint density at radius 1 is 1.40 bits per heavy atom. The zero-order valence-corrected chi connectivity index (χ0v) is 7.31. The summed E-state index contributed by atoms with van der Waals surface area (Å²) in [5, 5.41) is 6.09. The molecule has 0 aliphatic rings. The minimum Gasteiger partial charge on any atom is -0.296 e. The molecule has 0 aromatic heterocycles. The SMILES string of the molecule is C=C(C)CN(C)N=C(C)C. The average molecular weight is 140 g/mol. The van der Waals surface area contributed by atoms with Crippen molar-refractivity contribution in [3.63, 3.8) is 0 Å². The van der Waals surface area contributed by atoms with Gasteiger partial charge in [0.2, 0.25) is 0 Å². The van der Waals surface area contributed by atoms with E-state index in [9.17, 15) is 0 Å². The molecule has 10 heavy (non-hydrogen) atoms. The lowest BCUT2D eigenvalue weighted by atomic mass is 10.3. The summed E-state index contributed by atoms with van der Waals surface area (Å²) in [6.07, 6.45) is 0. The minimum atomic E-state index is 0.838. The molecule has 0 aromatic carbocycles. The molecule has 2 nitrogen and oxygen atoms in total. The van der Waals surface area contributed by atoms with E-state index in [1.165, 1.54) is 0 Å². The molecular weight excluding hydrogens is 124 g/mol. The van der Waals surface area contributed by atoms with Gasteiger partial charge in [-0.05, 0) is 20.8 Å². The van der Waals surface area contributed by atoms with Crippen molar-refractivity contribution in [3.8, 4) is 0 Å². The van der Waals surface area contributed by atoms with Crippen LogP contribution in [0.25, 0.3) is 0 Å². The second kappa shape index (κ2) is 4.09. The van der Waals surface area contributed by atoms with Gasteiger partial charge in [-0.2, -0.15) is 5.10 Å². The van der Waals surface area contributed by atoms with Gasteiger partial charge in [0.25, 0.3) is 0 Å². The van der Waals surface area contributed by atoms with Gasteiger partial charge < -0.3 is 0 Å². The molecule has 0 rings (SSSR count). The predicted octanol–water partition coefficient (Wildman–Crippen LogP) is 1.89. The highest BCUT2D eigenvalue weighted by Gasteiger charge is 1.91. The van der Waals surface area contributed by atoms with Crippen LogP contribution in [-0.2, 0) is 0 Å². The zero-order chi connectivity index (χ0) is 8.15. The van der Waals surface area contributed by atoms with Gasteiger partial charge in [-0.25, -0.2) is 0 Å². The average Bonchev–Trinajstić information content (AvgIpc) is 1.58. The fraction of sp³-hybridized carbons (Fsp3) is 0.625. The van der Waals surface area contributed by atoms with Crippen LogP contribution in [0.5, 0.6) is 0 Å². The molecule has 0 aliphatic carbocycles. The number of hydrogen-bond donors (Lipinski definition) is 0. The summed E-state index contributed by atoms with van der Waals surface area (Å²) in [5.74, 6) is 0. The predicted molar refractivity (Wildman–Crippen MR) is 46.2 cm³/mol. The van der Waals surface area contributed by atoms with E-state index < -0.39 is 0 Å². The molecule has 0 radical (unpaired) electrons. The van der Waals surface area contributed by atoms with Crippen molar-refractivity contribution in [2.45, 2.75) is 20.8 Å². The van der Waals surface area contributed by atoms with Crippen LogP contribution in [0.3, 0.4) is 0 Å². The first-order chi connectivity index (χ1) is 4.52. The van der Waals surface area contributed by atoms with Crippen molar-refractivity contribution in [2.75, 3.05) is 13.6 Å². The monoisotopic (exact) mass is 140 g/mol. The van der Waals surface area contributed by atoms with E-state index >= 15 is 0 Å². The molecule has 0 amide bonds. The number of hydrogen-bond acceptors (Lipinski definition) is 2. The summed E-state index contributed by atoms with van der Waals surface area (Å²) in [4.78, 5) is 0. The topological polar surface area (TPSA) is 15.6 Å². The first-order valence-corrected chi connectivity index (χ1v) is 3.39. The van der Waals surface area contributed by atoms with Gasteiger partial charge in [0, 0.05) is 12.8 Å².